The standard InChI is InChI=1S/C17H18ClN3O.BrH/c1-12-3-8-15-16(11-12)20(2)17(19)21(15)9-10-22-14-6-4-13(18)5-7-14;/h3-8,11,19H,9-10H2,1-2H3;1H. The average Bonchev–Trinajstić information content (AvgIpc) is 2.74. The Kier molecular flexibility index (Phi) is 5.55. The van der Waals surface area contributed by atoms with E-state index >= 15 is 0 Å². The predicted molar refractivity (Wildman–Crippen MR) is 98.8 cm³/mol. The Balaban J connectivity index is 0.00000192. The molecule has 0 aliphatic heterocycles. The summed E-state index contributed by atoms with van der Waals surface area (Å²) in [4.78, 5) is 0. The number of fused-ring (bicyclic) bond motifs is 1. The first-order chi connectivity index (χ1) is 10.6. The van der Waals surface area contributed by atoms with E-state index in [1.54, 1.807) is 12.1 Å². The molecule has 3 aromatic rings. The number of benzene rings is 2. The van der Waals surface area contributed by atoms with Gasteiger partial charge in [-0.15, -0.1) is 17.0 Å². The van der Waals surface area contributed by atoms with Gasteiger partial charge in [-0.05, 0) is 48.9 Å². The van der Waals surface area contributed by atoms with E-state index in [2.05, 4.69) is 25.1 Å². The number of hydrogen-bond acceptors (Lipinski definition) is 2. The van der Waals surface area contributed by atoms with Crippen molar-refractivity contribution in [3.63, 3.8) is 0 Å². The van der Waals surface area contributed by atoms with Crippen molar-refractivity contribution in [3.05, 3.63) is 58.7 Å². The maximum Gasteiger partial charge on any atom is 0.202 e. The van der Waals surface area contributed by atoms with Gasteiger partial charge in [0.15, 0.2) is 0 Å². The zero-order chi connectivity index (χ0) is 15.7. The van der Waals surface area contributed by atoms with Gasteiger partial charge in [-0.3, -0.25) is 5.41 Å². The minimum Gasteiger partial charge on any atom is -0.492 e. The molecule has 4 nitrogen and oxygen atoms in total. The van der Waals surface area contributed by atoms with E-state index in [9.17, 15) is 0 Å². The minimum atomic E-state index is 0. The Hall–Kier alpha value is -1.72. The molecule has 0 aliphatic carbocycles. The van der Waals surface area contributed by atoms with Crippen LogP contribution in [0.3, 0.4) is 0 Å². The molecule has 1 aromatic heterocycles. The van der Waals surface area contributed by atoms with E-state index in [0.29, 0.717) is 23.8 Å². The highest BCUT2D eigenvalue weighted by Gasteiger charge is 2.08. The lowest BCUT2D eigenvalue weighted by Gasteiger charge is -2.08. The fourth-order valence-electron chi connectivity index (χ4n) is 2.55. The summed E-state index contributed by atoms with van der Waals surface area (Å²) in [5.74, 6) is 0.785. The third-order valence-corrected chi connectivity index (χ3v) is 4.01. The molecule has 0 bridgehead atoms. The molecule has 6 heteroatoms. The molecule has 3 rings (SSSR count). The Morgan fingerprint density at radius 1 is 1.09 bits per heavy atom. The van der Waals surface area contributed by atoms with Crippen LogP contribution in [0.4, 0.5) is 0 Å². The van der Waals surface area contributed by atoms with Crippen molar-refractivity contribution in [1.29, 1.82) is 5.41 Å². The third-order valence-electron chi connectivity index (χ3n) is 3.75. The molecule has 1 N–H and O–H groups in total. The summed E-state index contributed by atoms with van der Waals surface area (Å²) >= 11 is 5.86. The molecule has 0 fully saturated rings. The number of halogens is 2. The SMILES string of the molecule is Br.Cc1ccc2c(c1)n(C)c(=N)n2CCOc1ccc(Cl)cc1. The Bertz CT molecular complexity index is 868. The summed E-state index contributed by atoms with van der Waals surface area (Å²) in [6, 6.07) is 13.5. The molecule has 0 atom stereocenters. The van der Waals surface area contributed by atoms with Crippen molar-refractivity contribution >= 4 is 39.6 Å². The van der Waals surface area contributed by atoms with Gasteiger partial charge in [0, 0.05) is 12.1 Å². The molecular weight excluding hydrogens is 378 g/mol. The number of imidazole rings is 1. The molecule has 23 heavy (non-hydrogen) atoms. The van der Waals surface area contributed by atoms with Gasteiger partial charge in [0.2, 0.25) is 5.62 Å². The quantitative estimate of drug-likeness (QED) is 0.709. The summed E-state index contributed by atoms with van der Waals surface area (Å²) in [5, 5.41) is 8.95. The van der Waals surface area contributed by atoms with Gasteiger partial charge in [0.05, 0.1) is 17.6 Å². The maximum atomic E-state index is 8.26. The van der Waals surface area contributed by atoms with Gasteiger partial charge in [-0.25, -0.2) is 0 Å². The highest BCUT2D eigenvalue weighted by Crippen LogP contribution is 2.16. The fourth-order valence-corrected chi connectivity index (χ4v) is 2.68. The number of aromatic nitrogens is 2. The molecular formula is C17H19BrClN3O. The Morgan fingerprint density at radius 3 is 2.48 bits per heavy atom. The topological polar surface area (TPSA) is 42.9 Å². The van der Waals surface area contributed by atoms with Crippen LogP contribution >= 0.6 is 28.6 Å². The first kappa shape index (κ1) is 17.6. The summed E-state index contributed by atoms with van der Waals surface area (Å²) in [6.07, 6.45) is 0. The van der Waals surface area contributed by atoms with Crippen molar-refractivity contribution in [2.75, 3.05) is 6.61 Å². The highest BCUT2D eigenvalue weighted by molar-refractivity contribution is 8.93. The van der Waals surface area contributed by atoms with Gasteiger partial charge >= 0.3 is 0 Å². The van der Waals surface area contributed by atoms with Gasteiger partial charge in [-0.1, -0.05) is 17.7 Å². The summed E-state index contributed by atoms with van der Waals surface area (Å²) in [6.45, 7) is 3.19. The van der Waals surface area contributed by atoms with E-state index in [4.69, 9.17) is 21.7 Å². The normalized spacial score (nSPS) is 10.6. The average molecular weight is 397 g/mol. The van der Waals surface area contributed by atoms with Crippen molar-refractivity contribution in [2.24, 2.45) is 7.05 Å². The number of aryl methyl sites for hydroxylation is 2. The van der Waals surface area contributed by atoms with Crippen molar-refractivity contribution < 1.29 is 4.74 Å². The lowest BCUT2D eigenvalue weighted by Crippen LogP contribution is -2.24. The first-order valence-electron chi connectivity index (χ1n) is 7.15. The van der Waals surface area contributed by atoms with E-state index in [1.807, 2.05) is 28.3 Å². The van der Waals surface area contributed by atoms with Crippen LogP contribution in [0.25, 0.3) is 11.0 Å². The van der Waals surface area contributed by atoms with Gasteiger partial charge in [-0.2, -0.15) is 0 Å². The zero-order valence-corrected chi connectivity index (χ0v) is 15.5. The lowest BCUT2D eigenvalue weighted by atomic mass is 10.2. The molecule has 122 valence electrons. The van der Waals surface area contributed by atoms with Crippen LogP contribution in [0.15, 0.2) is 42.5 Å². The van der Waals surface area contributed by atoms with Gasteiger partial charge in [0.25, 0.3) is 0 Å². The van der Waals surface area contributed by atoms with Crippen LogP contribution in [0.5, 0.6) is 5.75 Å². The van der Waals surface area contributed by atoms with E-state index in [1.165, 1.54) is 5.56 Å². The maximum absolute atomic E-state index is 8.26. The third kappa shape index (κ3) is 3.62. The summed E-state index contributed by atoms with van der Waals surface area (Å²) < 4.78 is 9.59. The van der Waals surface area contributed by atoms with Crippen LogP contribution in [0.2, 0.25) is 5.02 Å². The van der Waals surface area contributed by atoms with Gasteiger partial charge in [0.1, 0.15) is 12.4 Å². The number of nitrogens with zero attached hydrogens (tertiary/aromatic N) is 2. The van der Waals surface area contributed by atoms with Crippen LogP contribution in [-0.2, 0) is 13.6 Å². The molecule has 0 spiro atoms. The van der Waals surface area contributed by atoms with Crippen molar-refractivity contribution in [3.8, 4) is 5.75 Å². The summed E-state index contributed by atoms with van der Waals surface area (Å²) in [5.41, 5.74) is 3.78. The highest BCUT2D eigenvalue weighted by atomic mass is 79.9. The number of rotatable bonds is 4. The van der Waals surface area contributed by atoms with E-state index in [-0.39, 0.29) is 17.0 Å². The van der Waals surface area contributed by atoms with Crippen LogP contribution in [0.1, 0.15) is 5.56 Å². The second-order valence-electron chi connectivity index (χ2n) is 5.33. The molecule has 0 unspecified atom stereocenters. The minimum absolute atomic E-state index is 0. The molecule has 0 saturated heterocycles. The number of hydrogen-bond donors (Lipinski definition) is 1. The molecule has 0 amide bonds. The smallest absolute Gasteiger partial charge is 0.202 e. The Morgan fingerprint density at radius 2 is 1.78 bits per heavy atom. The van der Waals surface area contributed by atoms with E-state index < -0.39 is 0 Å². The van der Waals surface area contributed by atoms with Crippen LogP contribution in [0, 0.1) is 12.3 Å². The predicted octanol–water partition coefficient (Wildman–Crippen LogP) is 4.08. The van der Waals surface area contributed by atoms with Crippen LogP contribution in [-0.4, -0.2) is 15.7 Å². The van der Waals surface area contributed by atoms with Crippen LogP contribution < -0.4 is 10.4 Å². The van der Waals surface area contributed by atoms with Crippen molar-refractivity contribution in [2.45, 2.75) is 13.5 Å². The molecule has 0 aliphatic rings. The number of nitrogens with one attached hydrogen (secondary N) is 1. The number of ether oxygens (including phenoxy) is 1. The monoisotopic (exact) mass is 395 g/mol. The second-order valence-corrected chi connectivity index (χ2v) is 5.77. The molecule has 2 aromatic carbocycles. The van der Waals surface area contributed by atoms with Crippen molar-refractivity contribution in [1.82, 2.24) is 9.13 Å². The second kappa shape index (κ2) is 7.23. The largest absolute Gasteiger partial charge is 0.492 e. The van der Waals surface area contributed by atoms with Gasteiger partial charge < -0.3 is 13.9 Å². The summed E-state index contributed by atoms with van der Waals surface area (Å²) in [7, 11) is 1.92. The Labute approximate surface area is 150 Å². The molecule has 1 heterocycles. The fraction of sp³-hybridized carbons (Fsp3) is 0.235. The van der Waals surface area contributed by atoms with E-state index in [0.717, 1.165) is 16.8 Å². The zero-order valence-electron chi connectivity index (χ0n) is 13.0. The first-order valence-corrected chi connectivity index (χ1v) is 7.53. The molecule has 0 radical (unpaired) electrons. The molecule has 0 saturated carbocycles. The lowest BCUT2D eigenvalue weighted by molar-refractivity contribution is 0.297.